The second-order valence-corrected chi connectivity index (χ2v) is 6.48. The highest BCUT2D eigenvalue weighted by atomic mass is 19.3. The minimum absolute atomic E-state index is 0.146. The molecule has 154 valence electrons. The van der Waals surface area contributed by atoms with Crippen LogP contribution in [0, 0.1) is 6.92 Å². The zero-order valence-electron chi connectivity index (χ0n) is 15.8. The lowest BCUT2D eigenvalue weighted by atomic mass is 10.1. The van der Waals surface area contributed by atoms with E-state index in [1.54, 1.807) is 13.1 Å². The molecule has 0 unspecified atom stereocenters. The van der Waals surface area contributed by atoms with Crippen molar-refractivity contribution >= 4 is 5.91 Å². The summed E-state index contributed by atoms with van der Waals surface area (Å²) < 4.78 is 55.9. The van der Waals surface area contributed by atoms with Crippen molar-refractivity contribution in [3.8, 4) is 5.75 Å². The Morgan fingerprint density at radius 3 is 2.50 bits per heavy atom. The highest BCUT2D eigenvalue weighted by Gasteiger charge is 2.44. The lowest BCUT2D eigenvalue weighted by molar-refractivity contribution is -0.253. The molecule has 0 bridgehead atoms. The number of nitrogens with zero attached hydrogens (tertiary/aromatic N) is 3. The second kappa shape index (κ2) is 9.05. The van der Waals surface area contributed by atoms with E-state index in [0.717, 1.165) is 6.07 Å². The lowest BCUT2D eigenvalue weighted by Crippen LogP contribution is -2.38. The van der Waals surface area contributed by atoms with Crippen LogP contribution < -0.4 is 4.74 Å². The van der Waals surface area contributed by atoms with Crippen molar-refractivity contribution in [1.82, 2.24) is 19.8 Å². The van der Waals surface area contributed by atoms with Crippen LogP contribution in [-0.4, -0.2) is 65.4 Å². The molecular weight excluding hydrogens is 380 g/mol. The molecule has 2 aromatic rings. The van der Waals surface area contributed by atoms with Gasteiger partial charge in [-0.15, -0.1) is 0 Å². The SMILES string of the molecule is Cc1ncc(CN(CCN(C)C)C(=O)c2ccccc2OC(F)(F)C(F)F)[nH]1. The molecule has 2 rings (SSSR count). The molecule has 6 nitrogen and oxygen atoms in total. The van der Waals surface area contributed by atoms with Crippen LogP contribution in [0.25, 0.3) is 0 Å². The number of imidazole rings is 1. The van der Waals surface area contributed by atoms with E-state index in [9.17, 15) is 22.4 Å². The van der Waals surface area contributed by atoms with Gasteiger partial charge in [0, 0.05) is 13.1 Å². The number of aryl methyl sites for hydroxylation is 1. The number of benzene rings is 1. The summed E-state index contributed by atoms with van der Waals surface area (Å²) in [5.41, 5.74) is 0.429. The first kappa shape index (κ1) is 21.7. The quantitative estimate of drug-likeness (QED) is 0.655. The molecule has 28 heavy (non-hydrogen) atoms. The highest BCUT2D eigenvalue weighted by molar-refractivity contribution is 5.96. The number of aromatic nitrogens is 2. The van der Waals surface area contributed by atoms with Crippen molar-refractivity contribution < 1.29 is 27.1 Å². The number of para-hydroxylation sites is 1. The third-order valence-electron chi connectivity index (χ3n) is 3.84. The maximum Gasteiger partial charge on any atom is 0.461 e. The number of amides is 1. The van der Waals surface area contributed by atoms with E-state index in [1.807, 2.05) is 19.0 Å². The number of likely N-dealkylation sites (N-methyl/N-ethyl adjacent to an activating group) is 1. The van der Waals surface area contributed by atoms with Gasteiger partial charge < -0.3 is 19.5 Å². The van der Waals surface area contributed by atoms with Crippen LogP contribution in [0.15, 0.2) is 30.5 Å². The number of hydrogen-bond donors (Lipinski definition) is 1. The lowest BCUT2D eigenvalue weighted by Gasteiger charge is -2.25. The maximum atomic E-state index is 13.4. The van der Waals surface area contributed by atoms with Gasteiger partial charge in [-0.3, -0.25) is 4.79 Å². The highest BCUT2D eigenvalue weighted by Crippen LogP contribution is 2.30. The fourth-order valence-electron chi connectivity index (χ4n) is 2.42. The first-order valence-electron chi connectivity index (χ1n) is 8.48. The van der Waals surface area contributed by atoms with E-state index < -0.39 is 24.2 Å². The van der Waals surface area contributed by atoms with Gasteiger partial charge in [-0.25, -0.2) is 4.98 Å². The normalized spacial score (nSPS) is 11.9. The van der Waals surface area contributed by atoms with E-state index in [2.05, 4.69) is 14.7 Å². The molecule has 1 amide bonds. The Balaban J connectivity index is 2.30. The van der Waals surface area contributed by atoms with Crippen LogP contribution in [0.3, 0.4) is 0 Å². The molecule has 0 radical (unpaired) electrons. The summed E-state index contributed by atoms with van der Waals surface area (Å²) in [5, 5.41) is 0. The maximum absolute atomic E-state index is 13.4. The Hall–Kier alpha value is -2.62. The summed E-state index contributed by atoms with van der Waals surface area (Å²) in [6, 6.07) is 5.11. The molecule has 1 N–H and O–H groups in total. The van der Waals surface area contributed by atoms with Gasteiger partial charge in [0.05, 0.1) is 24.0 Å². The van der Waals surface area contributed by atoms with Crippen LogP contribution in [0.5, 0.6) is 5.75 Å². The molecular formula is C18H22F4N4O2. The fraction of sp³-hybridized carbons (Fsp3) is 0.444. The third kappa shape index (κ3) is 5.69. The average molecular weight is 402 g/mol. The van der Waals surface area contributed by atoms with E-state index in [1.165, 1.54) is 23.1 Å². The Bertz CT molecular complexity index is 795. The zero-order valence-corrected chi connectivity index (χ0v) is 15.8. The van der Waals surface area contributed by atoms with Gasteiger partial charge in [0.15, 0.2) is 0 Å². The predicted molar refractivity (Wildman–Crippen MR) is 94.6 cm³/mol. The molecule has 0 spiro atoms. The molecule has 0 atom stereocenters. The number of rotatable bonds is 9. The van der Waals surface area contributed by atoms with Gasteiger partial charge in [-0.1, -0.05) is 12.1 Å². The van der Waals surface area contributed by atoms with Gasteiger partial charge in [-0.05, 0) is 33.2 Å². The van der Waals surface area contributed by atoms with Gasteiger partial charge in [0.2, 0.25) is 0 Å². The average Bonchev–Trinajstić information content (AvgIpc) is 3.03. The number of halogens is 4. The van der Waals surface area contributed by atoms with Crippen molar-refractivity contribution in [2.75, 3.05) is 27.2 Å². The van der Waals surface area contributed by atoms with E-state index in [0.29, 0.717) is 18.1 Å². The van der Waals surface area contributed by atoms with E-state index >= 15 is 0 Å². The van der Waals surface area contributed by atoms with Crippen molar-refractivity contribution in [1.29, 1.82) is 0 Å². The molecule has 0 aliphatic rings. The van der Waals surface area contributed by atoms with Crippen LogP contribution in [-0.2, 0) is 6.54 Å². The predicted octanol–water partition coefficient (Wildman–Crippen LogP) is 3.16. The molecule has 1 aromatic heterocycles. The number of carbonyl (C=O) groups is 1. The van der Waals surface area contributed by atoms with Gasteiger partial charge in [-0.2, -0.15) is 17.6 Å². The van der Waals surface area contributed by atoms with E-state index in [-0.39, 0.29) is 18.7 Å². The Morgan fingerprint density at radius 1 is 1.25 bits per heavy atom. The van der Waals surface area contributed by atoms with Gasteiger partial charge in [0.1, 0.15) is 11.6 Å². The number of nitrogens with one attached hydrogen (secondary N) is 1. The number of aromatic amines is 1. The van der Waals surface area contributed by atoms with Crippen molar-refractivity contribution in [3.05, 3.63) is 47.5 Å². The standard InChI is InChI=1S/C18H22F4N4O2/c1-12-23-10-13(24-12)11-26(9-8-25(2)3)16(27)14-6-4-5-7-15(14)28-18(21,22)17(19)20/h4-7,10,17H,8-9,11H2,1-3H3,(H,23,24). The molecule has 0 saturated carbocycles. The number of hydrogen-bond acceptors (Lipinski definition) is 4. The largest absolute Gasteiger partial charge is 0.461 e. The molecule has 0 aliphatic heterocycles. The topological polar surface area (TPSA) is 61.5 Å². The fourth-order valence-corrected chi connectivity index (χ4v) is 2.42. The Morgan fingerprint density at radius 2 is 1.93 bits per heavy atom. The van der Waals surface area contributed by atoms with Crippen LogP contribution in [0.4, 0.5) is 17.6 Å². The van der Waals surface area contributed by atoms with Crippen molar-refractivity contribution in [2.24, 2.45) is 0 Å². The third-order valence-corrected chi connectivity index (χ3v) is 3.84. The smallest absolute Gasteiger partial charge is 0.427 e. The summed E-state index contributed by atoms with van der Waals surface area (Å²) in [4.78, 5) is 23.3. The van der Waals surface area contributed by atoms with Gasteiger partial charge in [0.25, 0.3) is 5.91 Å². The monoisotopic (exact) mass is 402 g/mol. The van der Waals surface area contributed by atoms with Crippen molar-refractivity contribution in [2.45, 2.75) is 26.0 Å². The number of ether oxygens (including phenoxy) is 1. The summed E-state index contributed by atoms with van der Waals surface area (Å²) in [7, 11) is 3.65. The molecule has 0 fully saturated rings. The number of H-pyrrole nitrogens is 1. The Labute approximate surface area is 160 Å². The molecule has 1 aromatic carbocycles. The first-order chi connectivity index (χ1) is 13.1. The summed E-state index contributed by atoms with van der Waals surface area (Å²) in [5.74, 6) is -0.557. The number of carbonyl (C=O) groups excluding carboxylic acids is 1. The molecule has 0 saturated heterocycles. The summed E-state index contributed by atoms with van der Waals surface area (Å²) in [6.07, 6.45) is -7.15. The summed E-state index contributed by atoms with van der Waals surface area (Å²) >= 11 is 0. The minimum Gasteiger partial charge on any atom is -0.427 e. The minimum atomic E-state index is -4.70. The Kier molecular flexibility index (Phi) is 7.00. The van der Waals surface area contributed by atoms with Crippen LogP contribution in [0.1, 0.15) is 21.9 Å². The van der Waals surface area contributed by atoms with Crippen LogP contribution >= 0.6 is 0 Å². The van der Waals surface area contributed by atoms with Crippen molar-refractivity contribution in [3.63, 3.8) is 0 Å². The van der Waals surface area contributed by atoms with Gasteiger partial charge >= 0.3 is 12.5 Å². The van der Waals surface area contributed by atoms with E-state index in [4.69, 9.17) is 0 Å². The number of alkyl halides is 4. The molecule has 1 heterocycles. The zero-order chi connectivity index (χ0) is 20.9. The molecule has 10 heteroatoms. The van der Waals surface area contributed by atoms with Crippen LogP contribution in [0.2, 0.25) is 0 Å². The first-order valence-corrected chi connectivity index (χ1v) is 8.48. The summed E-state index contributed by atoms with van der Waals surface area (Å²) in [6.45, 7) is 2.69. The molecule has 0 aliphatic carbocycles. The second-order valence-electron chi connectivity index (χ2n) is 6.48.